The van der Waals surface area contributed by atoms with Crippen LogP contribution in [0.15, 0.2) is 54.6 Å². The molecule has 0 amide bonds. The number of esters is 1. The molecule has 32 heavy (non-hydrogen) atoms. The molecule has 0 aliphatic carbocycles. The lowest BCUT2D eigenvalue weighted by molar-refractivity contribution is -0.736. The van der Waals surface area contributed by atoms with Crippen LogP contribution in [0.25, 0.3) is 0 Å². The van der Waals surface area contributed by atoms with Crippen LogP contribution in [-0.4, -0.2) is 30.7 Å². The van der Waals surface area contributed by atoms with E-state index in [9.17, 15) is 14.3 Å². The van der Waals surface area contributed by atoms with Crippen LogP contribution in [0, 0.1) is 10.8 Å². The number of carbonyl (C=O) groups excluding carboxylic acids is 1. The van der Waals surface area contributed by atoms with E-state index in [-0.39, 0.29) is 24.0 Å². The van der Waals surface area contributed by atoms with E-state index in [0.717, 1.165) is 12.8 Å². The van der Waals surface area contributed by atoms with Crippen molar-refractivity contribution < 1.29 is 32.9 Å². The largest absolute Gasteiger partial charge is 0.513 e. The van der Waals surface area contributed by atoms with Gasteiger partial charge in [0.2, 0.25) is 0 Å². The molecule has 2 unspecified atom stereocenters. The second-order valence-corrected chi connectivity index (χ2v) is 8.71. The number of ether oxygens (including phenoxy) is 1. The van der Waals surface area contributed by atoms with Gasteiger partial charge in [-0.2, -0.15) is 5.09 Å². The highest BCUT2D eigenvalue weighted by molar-refractivity contribution is 7.52. The van der Waals surface area contributed by atoms with Crippen molar-refractivity contribution in [3.05, 3.63) is 59.5 Å². The Morgan fingerprint density at radius 2 is 1.56 bits per heavy atom. The Labute approximate surface area is 188 Å². The SMILES string of the molecule is CCC(CC)COC(=O)C(C)NP(=O)(Oc1ccccc1)Oc1ccc([N+](=O)OC)cc1. The van der Waals surface area contributed by atoms with E-state index in [0.29, 0.717) is 10.7 Å². The molecule has 0 saturated heterocycles. The standard InChI is InChI=1S/C22H30N2O7P/c1-5-18(6-2)16-29-22(25)17(3)23-32(27,30-20-10-8-7-9-11-20)31-21-14-12-19(13-15-21)24(26)28-4/h7-15,17-18H,5-6,16H2,1-4H3,(H,23,27)/q+1. The summed E-state index contributed by atoms with van der Waals surface area (Å²) in [6.07, 6.45) is 1.79. The maximum atomic E-state index is 13.5. The van der Waals surface area contributed by atoms with Gasteiger partial charge in [-0.05, 0) is 37.1 Å². The Kier molecular flexibility index (Phi) is 9.68. The van der Waals surface area contributed by atoms with Crippen LogP contribution in [-0.2, 0) is 18.9 Å². The Morgan fingerprint density at radius 3 is 2.09 bits per heavy atom. The number of carbonyl (C=O) groups is 1. The second-order valence-electron chi connectivity index (χ2n) is 7.09. The highest BCUT2D eigenvalue weighted by Crippen LogP contribution is 2.45. The highest BCUT2D eigenvalue weighted by Gasteiger charge is 2.34. The summed E-state index contributed by atoms with van der Waals surface area (Å²) in [4.78, 5) is 28.9. The van der Waals surface area contributed by atoms with Gasteiger partial charge in [0.1, 0.15) is 17.5 Å². The monoisotopic (exact) mass is 465 g/mol. The van der Waals surface area contributed by atoms with Gasteiger partial charge in [-0.1, -0.05) is 44.9 Å². The molecule has 0 aromatic heterocycles. The summed E-state index contributed by atoms with van der Waals surface area (Å²) < 4.78 is 30.1. The maximum absolute atomic E-state index is 13.5. The number of hydrogen-bond acceptors (Lipinski definition) is 7. The van der Waals surface area contributed by atoms with E-state index < -0.39 is 19.8 Å². The smallest absolute Gasteiger partial charge is 0.464 e. The van der Waals surface area contributed by atoms with Crippen LogP contribution >= 0.6 is 7.75 Å². The summed E-state index contributed by atoms with van der Waals surface area (Å²) in [5, 5.41) is 2.64. The van der Waals surface area contributed by atoms with Gasteiger partial charge in [-0.3, -0.25) is 4.79 Å². The van der Waals surface area contributed by atoms with Gasteiger partial charge in [0.05, 0.1) is 11.5 Å². The van der Waals surface area contributed by atoms with Crippen LogP contribution in [0.1, 0.15) is 33.6 Å². The molecule has 0 aliphatic rings. The van der Waals surface area contributed by atoms with Crippen LogP contribution in [0.4, 0.5) is 5.69 Å². The molecule has 0 fully saturated rings. The molecule has 2 rings (SSSR count). The van der Waals surface area contributed by atoms with E-state index in [2.05, 4.69) is 9.92 Å². The lowest BCUT2D eigenvalue weighted by Crippen LogP contribution is -2.36. The number of rotatable bonds is 13. The number of benzene rings is 2. The predicted octanol–water partition coefficient (Wildman–Crippen LogP) is 5.18. The molecule has 0 heterocycles. The molecule has 2 aromatic carbocycles. The minimum absolute atomic E-state index is 0.169. The highest BCUT2D eigenvalue weighted by atomic mass is 31.2. The molecular weight excluding hydrogens is 435 g/mol. The maximum Gasteiger partial charge on any atom is 0.513 e. The van der Waals surface area contributed by atoms with Crippen LogP contribution < -0.4 is 14.1 Å². The van der Waals surface area contributed by atoms with Crippen LogP contribution in [0.5, 0.6) is 11.5 Å². The Balaban J connectivity index is 2.16. The molecule has 0 spiro atoms. The fraction of sp³-hybridized carbons (Fsp3) is 0.409. The molecule has 9 nitrogen and oxygen atoms in total. The molecule has 0 aliphatic heterocycles. The van der Waals surface area contributed by atoms with Crippen LogP contribution in [0.2, 0.25) is 0 Å². The normalized spacial score (nSPS) is 13.7. The Morgan fingerprint density at radius 1 is 1.00 bits per heavy atom. The summed E-state index contributed by atoms with van der Waals surface area (Å²) in [6, 6.07) is 13.3. The Bertz CT molecular complexity index is 918. The van der Waals surface area contributed by atoms with E-state index >= 15 is 0 Å². The van der Waals surface area contributed by atoms with Gasteiger partial charge in [0, 0.05) is 12.1 Å². The van der Waals surface area contributed by atoms with E-state index in [1.54, 1.807) is 30.3 Å². The molecule has 2 aromatic rings. The summed E-state index contributed by atoms with van der Waals surface area (Å²) in [6.45, 7) is 5.87. The quantitative estimate of drug-likeness (QED) is 0.245. The number of hydrogen-bond donors (Lipinski definition) is 1. The third kappa shape index (κ3) is 7.66. The first-order valence-corrected chi connectivity index (χ1v) is 11.9. The zero-order chi connectivity index (χ0) is 23.6. The number of nitrogens with zero attached hydrogens (tertiary/aromatic N) is 1. The van der Waals surface area contributed by atoms with E-state index in [1.165, 1.54) is 38.3 Å². The number of nitrogens with one attached hydrogen (secondary N) is 1. The van der Waals surface area contributed by atoms with Gasteiger partial charge in [0.15, 0.2) is 7.11 Å². The van der Waals surface area contributed by atoms with Gasteiger partial charge < -0.3 is 13.8 Å². The fourth-order valence-corrected chi connectivity index (χ4v) is 4.22. The molecule has 10 heteroatoms. The van der Waals surface area contributed by atoms with Crippen molar-refractivity contribution in [2.45, 2.75) is 39.7 Å². The summed E-state index contributed by atoms with van der Waals surface area (Å²) in [5.74, 6) is 0.168. The molecule has 0 bridgehead atoms. The first kappa shape index (κ1) is 25.4. The summed E-state index contributed by atoms with van der Waals surface area (Å²) >= 11 is 0. The molecule has 1 N–H and O–H groups in total. The molecule has 0 radical (unpaired) electrons. The second kappa shape index (κ2) is 12.2. The van der Waals surface area contributed by atoms with Crippen molar-refractivity contribution in [2.24, 2.45) is 5.92 Å². The molecule has 0 saturated carbocycles. The van der Waals surface area contributed by atoms with Crippen molar-refractivity contribution in [1.29, 1.82) is 0 Å². The lowest BCUT2D eigenvalue weighted by Gasteiger charge is -2.23. The summed E-state index contributed by atoms with van der Waals surface area (Å²) in [7, 11) is -2.81. The van der Waals surface area contributed by atoms with Crippen molar-refractivity contribution in [1.82, 2.24) is 5.09 Å². The lowest BCUT2D eigenvalue weighted by atomic mass is 10.1. The third-order valence-electron chi connectivity index (χ3n) is 4.73. The van der Waals surface area contributed by atoms with Gasteiger partial charge >= 0.3 is 19.4 Å². The van der Waals surface area contributed by atoms with E-state index in [4.69, 9.17) is 13.8 Å². The fourth-order valence-electron chi connectivity index (χ4n) is 2.70. The first-order chi connectivity index (χ1) is 15.3. The van der Waals surface area contributed by atoms with Crippen molar-refractivity contribution in [2.75, 3.05) is 13.7 Å². The van der Waals surface area contributed by atoms with Crippen molar-refractivity contribution in [3.8, 4) is 11.5 Å². The molecular formula is C22H30N2O7P+. The zero-order valence-electron chi connectivity index (χ0n) is 18.7. The predicted molar refractivity (Wildman–Crippen MR) is 120 cm³/mol. The third-order valence-corrected chi connectivity index (χ3v) is 6.33. The zero-order valence-corrected chi connectivity index (χ0v) is 19.6. The first-order valence-electron chi connectivity index (χ1n) is 10.4. The van der Waals surface area contributed by atoms with Crippen molar-refractivity contribution >= 4 is 19.4 Å². The van der Waals surface area contributed by atoms with Crippen LogP contribution in [0.3, 0.4) is 0 Å². The molecule has 174 valence electrons. The minimum atomic E-state index is -4.05. The van der Waals surface area contributed by atoms with Crippen molar-refractivity contribution in [3.63, 3.8) is 0 Å². The average Bonchev–Trinajstić information content (AvgIpc) is 2.79. The Hall–Kier alpha value is -2.90. The average molecular weight is 465 g/mol. The summed E-state index contributed by atoms with van der Waals surface area (Å²) in [5.41, 5.74) is 0.227. The van der Waals surface area contributed by atoms with Gasteiger partial charge in [-0.15, -0.1) is 0 Å². The van der Waals surface area contributed by atoms with Gasteiger partial charge in [-0.25, -0.2) is 9.40 Å². The topological polar surface area (TPSA) is 103 Å². The number of para-hydroxylation sites is 1. The van der Waals surface area contributed by atoms with E-state index in [1.807, 2.05) is 13.8 Å². The molecule has 2 atom stereocenters. The minimum Gasteiger partial charge on any atom is -0.464 e. The van der Waals surface area contributed by atoms with Gasteiger partial charge in [0.25, 0.3) is 4.92 Å².